The van der Waals surface area contributed by atoms with E-state index in [2.05, 4.69) is 203 Å². The zero-order valence-corrected chi connectivity index (χ0v) is 46.9. The van der Waals surface area contributed by atoms with Crippen molar-refractivity contribution in [3.63, 3.8) is 0 Å². The van der Waals surface area contributed by atoms with Gasteiger partial charge in [0.2, 0.25) is 6.71 Å². The number of anilines is 5. The summed E-state index contributed by atoms with van der Waals surface area (Å²) < 4.78 is 7.93. The van der Waals surface area contributed by atoms with Gasteiger partial charge in [-0.1, -0.05) is 150 Å². The van der Waals surface area contributed by atoms with E-state index in [4.69, 9.17) is 4.74 Å². The maximum absolute atomic E-state index is 7.93. The van der Waals surface area contributed by atoms with Gasteiger partial charge in [-0.2, -0.15) is 0 Å². The van der Waals surface area contributed by atoms with Crippen LogP contribution in [0.15, 0.2) is 65.9 Å². The summed E-state index contributed by atoms with van der Waals surface area (Å²) in [6.07, 6.45) is 9.28. The lowest BCUT2D eigenvalue weighted by Gasteiger charge is -2.52. The van der Waals surface area contributed by atoms with Crippen LogP contribution in [0, 0.1) is 17.8 Å². The zero-order chi connectivity index (χ0) is 49.9. The zero-order valence-electron chi connectivity index (χ0n) is 46.9. The molecule has 2 atom stereocenters. The quantitative estimate of drug-likeness (QED) is 0.186. The average Bonchev–Trinajstić information content (AvgIpc) is 3.67. The molecule has 0 aromatic heterocycles. The number of hydrogen-bond acceptors (Lipinski definition) is 3. The highest BCUT2D eigenvalue weighted by Gasteiger charge is 2.61. The lowest BCUT2D eigenvalue weighted by atomic mass is 9.28. The highest BCUT2D eigenvalue weighted by atomic mass is 16.5. The van der Waals surface area contributed by atoms with Crippen LogP contribution in [0.3, 0.4) is 0 Å². The van der Waals surface area contributed by atoms with Gasteiger partial charge >= 0.3 is 0 Å². The summed E-state index contributed by atoms with van der Waals surface area (Å²) in [5, 5.41) is 0. The molecule has 0 bridgehead atoms. The summed E-state index contributed by atoms with van der Waals surface area (Å²) in [5.41, 5.74) is 23.5. The first-order valence-electron chi connectivity index (χ1n) is 27.4. The largest absolute Gasteiger partial charge is 0.474 e. The molecule has 4 aliphatic carbocycles. The smallest absolute Gasteiger partial charge is 0.231 e. The standard InChI is InChI=1S/C65H87BN2O/c1-38-31-42-45(62(13,14)27-25-59(42,7)8)36-48(38)68-49-37-46-44(61(11,12)26-28-63(46,15)16)35-47(49)66-53-50(32-39(33-51(53)68)57(2,3)4)67(40-21-22-41-43(34-40)60(9,10)24-23-58(41,5)6)56-54(66)52-55(69-56)65(19,20)30-29-64(52,17)18/h21-22,31-37,54,56H,23-30H2,1-20H3/t54?,56-/m1/s1. The topological polar surface area (TPSA) is 15.7 Å². The number of nitrogens with zero attached hydrogens (tertiary/aromatic N) is 2. The third-order valence-corrected chi connectivity index (χ3v) is 20.4. The van der Waals surface area contributed by atoms with Crippen molar-refractivity contribution in [2.24, 2.45) is 10.8 Å². The molecular weight excluding hydrogens is 836 g/mol. The molecule has 0 spiro atoms. The molecule has 4 heteroatoms. The van der Waals surface area contributed by atoms with Crippen LogP contribution in [0.1, 0.15) is 227 Å². The summed E-state index contributed by atoms with van der Waals surface area (Å²) in [4.78, 5) is 5.56. The minimum Gasteiger partial charge on any atom is -0.474 e. The molecule has 0 saturated carbocycles. The van der Waals surface area contributed by atoms with E-state index in [1.54, 1.807) is 11.1 Å². The van der Waals surface area contributed by atoms with E-state index >= 15 is 0 Å². The van der Waals surface area contributed by atoms with Gasteiger partial charge in [0.1, 0.15) is 5.76 Å². The Morgan fingerprint density at radius 3 is 1.48 bits per heavy atom. The second kappa shape index (κ2) is 14.2. The Hall–Kier alpha value is -3.92. The van der Waals surface area contributed by atoms with E-state index in [-0.39, 0.29) is 67.5 Å². The highest BCUT2D eigenvalue weighted by Crippen LogP contribution is 2.64. The Morgan fingerprint density at radius 2 is 0.928 bits per heavy atom. The van der Waals surface area contributed by atoms with Crippen molar-refractivity contribution in [3.05, 3.63) is 110 Å². The van der Waals surface area contributed by atoms with Crippen molar-refractivity contribution < 1.29 is 4.74 Å². The van der Waals surface area contributed by atoms with Crippen molar-refractivity contribution >= 4 is 46.1 Å². The van der Waals surface area contributed by atoms with Gasteiger partial charge in [-0.25, -0.2) is 0 Å². The van der Waals surface area contributed by atoms with Crippen LogP contribution in [0.4, 0.5) is 28.4 Å². The molecule has 0 radical (unpaired) electrons. The highest BCUT2D eigenvalue weighted by molar-refractivity contribution is 6.91. The maximum atomic E-state index is 7.93. The predicted octanol–water partition coefficient (Wildman–Crippen LogP) is 16.7. The molecule has 0 saturated heterocycles. The van der Waals surface area contributed by atoms with Crippen molar-refractivity contribution in [3.8, 4) is 0 Å². The first-order valence-corrected chi connectivity index (χ1v) is 27.4. The number of hydrogen-bond donors (Lipinski definition) is 0. The average molecular weight is 923 g/mol. The van der Waals surface area contributed by atoms with Gasteiger partial charge in [0.05, 0.1) is 0 Å². The SMILES string of the molecule is Cc1cc2c(cc1N1c3cc4c(cc3B3c5c1cc(C(C)(C)C)cc5N(c1ccc5c(c1)C(C)(C)CCC5(C)C)[C@@H]1OC5=C(C31)C(C)(C)CCC5(C)C)C(C)(C)CCC4(C)C)C(C)(C)CCC2(C)C. The molecular formula is C65H87BN2O. The van der Waals surface area contributed by atoms with Gasteiger partial charge in [0, 0.05) is 39.7 Å². The summed E-state index contributed by atoms with van der Waals surface area (Å²) in [7, 11) is 0. The van der Waals surface area contributed by atoms with Crippen LogP contribution >= 0.6 is 0 Å². The number of allylic oxidation sites excluding steroid dienone is 1. The van der Waals surface area contributed by atoms with Gasteiger partial charge in [0.25, 0.3) is 0 Å². The number of rotatable bonds is 2. The summed E-state index contributed by atoms with van der Waals surface area (Å²) in [6.45, 7) is 49.8. The minimum atomic E-state index is -0.182. The van der Waals surface area contributed by atoms with E-state index in [1.807, 2.05) is 0 Å². The third-order valence-electron chi connectivity index (χ3n) is 20.4. The molecule has 3 aliphatic heterocycles. The van der Waals surface area contributed by atoms with Crippen LogP contribution in [0.2, 0.25) is 5.82 Å². The molecule has 69 heavy (non-hydrogen) atoms. The first kappa shape index (κ1) is 47.4. The van der Waals surface area contributed by atoms with Gasteiger partial charge in [-0.05, 0) is 199 Å². The molecule has 3 nitrogen and oxygen atoms in total. The fourth-order valence-corrected chi connectivity index (χ4v) is 15.1. The van der Waals surface area contributed by atoms with E-state index in [0.29, 0.717) is 0 Å². The number of ether oxygens (including phenoxy) is 1. The molecule has 0 amide bonds. The van der Waals surface area contributed by atoms with Crippen molar-refractivity contribution in [2.45, 2.75) is 240 Å². The molecule has 0 N–H and O–H groups in total. The normalized spacial score (nSPS) is 26.4. The fourth-order valence-electron chi connectivity index (χ4n) is 15.1. The predicted molar refractivity (Wildman–Crippen MR) is 296 cm³/mol. The van der Waals surface area contributed by atoms with Crippen LogP contribution in [0.25, 0.3) is 0 Å². The Bertz CT molecular complexity index is 2900. The molecule has 11 rings (SSSR count). The summed E-state index contributed by atoms with van der Waals surface area (Å²) in [6, 6.07) is 23.7. The number of aryl methyl sites for hydroxylation is 1. The Kier molecular flexibility index (Phi) is 9.75. The van der Waals surface area contributed by atoms with Crippen LogP contribution in [-0.2, 0) is 42.6 Å². The molecule has 366 valence electrons. The molecule has 3 heterocycles. The van der Waals surface area contributed by atoms with Gasteiger partial charge in [-0.15, -0.1) is 0 Å². The Morgan fingerprint density at radius 1 is 0.478 bits per heavy atom. The molecule has 0 fully saturated rings. The number of benzene rings is 4. The van der Waals surface area contributed by atoms with Gasteiger partial charge in [0.15, 0.2) is 6.23 Å². The lowest BCUT2D eigenvalue weighted by molar-refractivity contribution is 0.0885. The van der Waals surface area contributed by atoms with E-state index in [1.165, 1.54) is 123 Å². The Labute approximate surface area is 419 Å². The molecule has 1 unspecified atom stereocenters. The van der Waals surface area contributed by atoms with Crippen LogP contribution < -0.4 is 20.7 Å². The van der Waals surface area contributed by atoms with Crippen molar-refractivity contribution in [1.82, 2.24) is 0 Å². The molecule has 7 aliphatic rings. The van der Waals surface area contributed by atoms with Crippen molar-refractivity contribution in [2.75, 3.05) is 9.80 Å². The van der Waals surface area contributed by atoms with E-state index in [9.17, 15) is 0 Å². The van der Waals surface area contributed by atoms with Gasteiger partial charge < -0.3 is 14.5 Å². The van der Waals surface area contributed by atoms with Gasteiger partial charge in [-0.3, -0.25) is 0 Å². The third kappa shape index (κ3) is 6.77. The minimum absolute atomic E-state index is 0.0128. The second-order valence-corrected chi connectivity index (χ2v) is 30.1. The lowest BCUT2D eigenvalue weighted by Crippen LogP contribution is -2.62. The summed E-state index contributed by atoms with van der Waals surface area (Å²) in [5.74, 6) is 1.40. The second-order valence-electron chi connectivity index (χ2n) is 30.1. The monoisotopic (exact) mass is 923 g/mol. The first-order chi connectivity index (χ1) is 31.7. The molecule has 4 aromatic rings. The Balaban J connectivity index is 1.30. The van der Waals surface area contributed by atoms with Crippen LogP contribution in [0.5, 0.6) is 0 Å². The molecule has 4 aromatic carbocycles. The summed E-state index contributed by atoms with van der Waals surface area (Å²) >= 11 is 0. The van der Waals surface area contributed by atoms with E-state index < -0.39 is 0 Å². The number of fused-ring (bicyclic) bond motifs is 8. The maximum Gasteiger partial charge on any atom is 0.231 e. The van der Waals surface area contributed by atoms with E-state index in [0.717, 1.165) is 12.8 Å². The van der Waals surface area contributed by atoms with Crippen molar-refractivity contribution in [1.29, 1.82) is 0 Å². The fraction of sp³-hybridized carbons (Fsp3) is 0.600. The van der Waals surface area contributed by atoms with Crippen LogP contribution in [-0.4, -0.2) is 12.9 Å².